The second-order valence-electron chi connectivity index (χ2n) is 24.3. The molecular weight excluding hydrogens is 1070 g/mol. The molecule has 0 amide bonds. The standard InChI is InChI=1S/C82H60N6/c1-81(2)73-49-55(29-37-69(73)71-39-35-63(51-75(71)81)87(77-65-17-9-5-13-59(65)41-45-83-77)78-66-18-10-6-14-60(66)42-46-84-78)23-21-53-25-31-57(32-26-53)58-33-27-54(28-34-58)22-24-56-30-38-70-72-40-36-64(52-76(72)82(3,4)74(70)50-56)88(79-67-19-11-7-15-61(67)43-47-85-79)80-68-20-12-8-16-62(68)44-48-86-80/h5-52H,1-4H3/b23-21+,24-22+. The fraction of sp³-hybridized carbons (Fsp3) is 0.0732. The van der Waals surface area contributed by atoms with E-state index < -0.39 is 0 Å². The molecule has 0 aliphatic heterocycles. The van der Waals surface area contributed by atoms with Crippen LogP contribution in [-0.4, -0.2) is 19.9 Å². The summed E-state index contributed by atoms with van der Waals surface area (Å²) in [5, 5.41) is 8.82. The number of pyridine rings is 4. The van der Waals surface area contributed by atoms with E-state index in [-0.39, 0.29) is 10.8 Å². The molecule has 6 nitrogen and oxygen atoms in total. The average Bonchev–Trinajstić information content (AvgIpc) is 1.60. The molecule has 0 N–H and O–H groups in total. The summed E-state index contributed by atoms with van der Waals surface area (Å²) in [6.45, 7) is 9.40. The molecule has 14 aromatic rings. The van der Waals surface area contributed by atoms with Gasteiger partial charge in [-0.2, -0.15) is 0 Å². The molecule has 0 saturated heterocycles. The van der Waals surface area contributed by atoms with Crippen LogP contribution in [0.4, 0.5) is 34.6 Å². The van der Waals surface area contributed by atoms with Gasteiger partial charge in [0.2, 0.25) is 0 Å². The summed E-state index contributed by atoms with van der Waals surface area (Å²) < 4.78 is 0. The van der Waals surface area contributed by atoms with Crippen LogP contribution in [0.5, 0.6) is 0 Å². The van der Waals surface area contributed by atoms with Crippen LogP contribution in [-0.2, 0) is 10.8 Å². The highest BCUT2D eigenvalue weighted by Crippen LogP contribution is 2.54. The van der Waals surface area contributed by atoms with Crippen LogP contribution in [0.2, 0.25) is 0 Å². The van der Waals surface area contributed by atoms with Crippen molar-refractivity contribution in [3.63, 3.8) is 0 Å². The first-order chi connectivity index (χ1) is 43.1. The first kappa shape index (κ1) is 52.5. The number of benzene rings is 10. The summed E-state index contributed by atoms with van der Waals surface area (Å²) in [6.07, 6.45) is 16.5. The van der Waals surface area contributed by atoms with Crippen molar-refractivity contribution >= 4 is 102 Å². The van der Waals surface area contributed by atoms with Crippen LogP contribution >= 0.6 is 0 Å². The number of aromatic nitrogens is 4. The van der Waals surface area contributed by atoms with Gasteiger partial charge < -0.3 is 0 Å². The van der Waals surface area contributed by atoms with Crippen molar-refractivity contribution in [2.24, 2.45) is 0 Å². The molecule has 16 rings (SSSR count). The Morgan fingerprint density at radius 1 is 0.273 bits per heavy atom. The highest BCUT2D eigenvalue weighted by atomic mass is 15.2. The normalized spacial score (nSPS) is 13.5. The van der Waals surface area contributed by atoms with Gasteiger partial charge in [-0.05, 0) is 148 Å². The Morgan fingerprint density at radius 2 is 0.545 bits per heavy atom. The van der Waals surface area contributed by atoms with E-state index in [2.05, 4.69) is 304 Å². The number of hydrogen-bond acceptors (Lipinski definition) is 6. The molecule has 0 saturated carbocycles. The van der Waals surface area contributed by atoms with Crippen molar-refractivity contribution in [1.82, 2.24) is 19.9 Å². The molecular formula is C82H60N6. The quantitative estimate of drug-likeness (QED) is 0.120. The second kappa shape index (κ2) is 20.9. The molecule has 0 fully saturated rings. The van der Waals surface area contributed by atoms with Gasteiger partial charge in [-0.15, -0.1) is 0 Å². The van der Waals surface area contributed by atoms with Gasteiger partial charge in [-0.1, -0.05) is 246 Å². The highest BCUT2D eigenvalue weighted by molar-refractivity contribution is 6.04. The van der Waals surface area contributed by atoms with Crippen LogP contribution in [0.3, 0.4) is 0 Å². The fourth-order valence-electron chi connectivity index (χ4n) is 13.7. The van der Waals surface area contributed by atoms with Gasteiger partial charge in [-0.25, -0.2) is 19.9 Å². The van der Waals surface area contributed by atoms with Crippen LogP contribution in [0.25, 0.3) is 101 Å². The first-order valence-electron chi connectivity index (χ1n) is 30.2. The Morgan fingerprint density at radius 3 is 0.875 bits per heavy atom. The summed E-state index contributed by atoms with van der Waals surface area (Å²) in [7, 11) is 0. The molecule has 2 aliphatic carbocycles. The first-order valence-corrected chi connectivity index (χ1v) is 30.2. The van der Waals surface area contributed by atoms with Crippen LogP contribution < -0.4 is 9.80 Å². The van der Waals surface area contributed by atoms with E-state index in [0.29, 0.717) is 0 Å². The van der Waals surface area contributed by atoms with Crippen molar-refractivity contribution < 1.29 is 0 Å². The molecule has 0 bridgehead atoms. The summed E-state index contributed by atoms with van der Waals surface area (Å²) in [4.78, 5) is 24.7. The lowest BCUT2D eigenvalue weighted by Crippen LogP contribution is -2.18. The third kappa shape index (κ3) is 8.86. The number of fused-ring (bicyclic) bond motifs is 10. The SMILES string of the molecule is CC1(C)c2cc(/C=C/c3ccc(-c4ccc(/C=C/c5ccc6c(c5)C(C)(C)c5cc(N(c7nccc8ccccc78)c7nccc8ccccc78)ccc5-6)cc4)cc3)ccc2-c2ccc(N(c3nccc4ccccc34)c3nccc4ccccc34)cc21. The Hall–Kier alpha value is -11.1. The summed E-state index contributed by atoms with van der Waals surface area (Å²) in [6, 6.07) is 87.5. The second-order valence-corrected chi connectivity index (χ2v) is 24.3. The molecule has 0 unspecified atom stereocenters. The van der Waals surface area contributed by atoms with E-state index in [9.17, 15) is 0 Å². The zero-order valence-electron chi connectivity index (χ0n) is 49.4. The number of nitrogens with zero attached hydrogens (tertiary/aromatic N) is 6. The fourth-order valence-corrected chi connectivity index (χ4v) is 13.7. The number of anilines is 6. The van der Waals surface area contributed by atoms with E-state index in [1.54, 1.807) is 0 Å². The van der Waals surface area contributed by atoms with Crippen molar-refractivity contribution in [1.29, 1.82) is 0 Å². The Balaban J connectivity index is 0.619. The predicted octanol–water partition coefficient (Wildman–Crippen LogP) is 21.4. The van der Waals surface area contributed by atoms with Gasteiger partial charge in [0, 0.05) is 68.5 Å². The molecule has 6 heteroatoms. The average molecular weight is 1130 g/mol. The molecule has 0 radical (unpaired) electrons. The molecule has 4 heterocycles. The van der Waals surface area contributed by atoms with E-state index in [0.717, 1.165) is 88.9 Å². The lowest BCUT2D eigenvalue weighted by Gasteiger charge is -2.28. The van der Waals surface area contributed by atoms with Gasteiger partial charge >= 0.3 is 0 Å². The molecule has 0 atom stereocenters. The van der Waals surface area contributed by atoms with Crippen molar-refractivity contribution in [3.05, 3.63) is 312 Å². The smallest absolute Gasteiger partial charge is 0.146 e. The van der Waals surface area contributed by atoms with Crippen LogP contribution in [0.15, 0.2) is 267 Å². The predicted molar refractivity (Wildman–Crippen MR) is 368 cm³/mol. The van der Waals surface area contributed by atoms with E-state index >= 15 is 0 Å². The molecule has 0 spiro atoms. The van der Waals surface area contributed by atoms with E-state index in [1.807, 2.05) is 24.8 Å². The molecule has 10 aromatic carbocycles. The third-order valence-corrected chi connectivity index (χ3v) is 18.4. The maximum Gasteiger partial charge on any atom is 0.146 e. The minimum atomic E-state index is -0.250. The number of hydrogen-bond donors (Lipinski definition) is 0. The number of rotatable bonds is 11. The monoisotopic (exact) mass is 1130 g/mol. The Bertz CT molecular complexity index is 4670. The van der Waals surface area contributed by atoms with E-state index in [1.165, 1.54) is 66.8 Å². The van der Waals surface area contributed by atoms with Crippen LogP contribution in [0, 0.1) is 0 Å². The van der Waals surface area contributed by atoms with Gasteiger partial charge in [0.25, 0.3) is 0 Å². The topological polar surface area (TPSA) is 58.0 Å². The molecule has 418 valence electrons. The lowest BCUT2D eigenvalue weighted by atomic mass is 9.81. The van der Waals surface area contributed by atoms with Crippen molar-refractivity contribution in [2.75, 3.05) is 9.80 Å². The van der Waals surface area contributed by atoms with Gasteiger partial charge in [0.1, 0.15) is 23.3 Å². The molecule has 4 aromatic heterocycles. The van der Waals surface area contributed by atoms with Gasteiger partial charge in [0.05, 0.1) is 0 Å². The maximum atomic E-state index is 5.04. The summed E-state index contributed by atoms with van der Waals surface area (Å²) in [5.41, 5.74) is 18.8. The Kier molecular flexibility index (Phi) is 12.4. The van der Waals surface area contributed by atoms with Crippen molar-refractivity contribution in [2.45, 2.75) is 38.5 Å². The zero-order valence-corrected chi connectivity index (χ0v) is 49.4. The molecule has 2 aliphatic rings. The van der Waals surface area contributed by atoms with Crippen molar-refractivity contribution in [3.8, 4) is 33.4 Å². The zero-order chi connectivity index (χ0) is 59.1. The van der Waals surface area contributed by atoms with Gasteiger partial charge in [0.15, 0.2) is 0 Å². The third-order valence-electron chi connectivity index (χ3n) is 18.4. The van der Waals surface area contributed by atoms with E-state index in [4.69, 9.17) is 19.9 Å². The minimum absolute atomic E-state index is 0.250. The van der Waals surface area contributed by atoms with Crippen LogP contribution in [0.1, 0.15) is 72.2 Å². The van der Waals surface area contributed by atoms with Gasteiger partial charge in [-0.3, -0.25) is 9.80 Å². The largest absolute Gasteiger partial charge is 0.278 e. The summed E-state index contributed by atoms with van der Waals surface area (Å²) in [5.74, 6) is 3.42. The highest BCUT2D eigenvalue weighted by Gasteiger charge is 2.38. The molecule has 88 heavy (non-hydrogen) atoms. The maximum absolute atomic E-state index is 5.04. The minimum Gasteiger partial charge on any atom is -0.278 e. The summed E-state index contributed by atoms with van der Waals surface area (Å²) >= 11 is 0. The lowest BCUT2D eigenvalue weighted by molar-refractivity contribution is 0.660. The Labute approximate surface area is 512 Å².